The van der Waals surface area contributed by atoms with Gasteiger partial charge in [-0.05, 0) is 33.1 Å². The van der Waals surface area contributed by atoms with Gasteiger partial charge in [-0.15, -0.1) is 0 Å². The molecule has 0 unspecified atom stereocenters. The SMILES string of the molecule is COC1(CN=C(N)NC(C)C)CCC1. The van der Waals surface area contributed by atoms with Gasteiger partial charge >= 0.3 is 0 Å². The molecule has 0 radical (unpaired) electrons. The smallest absolute Gasteiger partial charge is 0.188 e. The number of nitrogens with two attached hydrogens (primary N) is 1. The minimum atomic E-state index is -0.0245. The fourth-order valence-electron chi connectivity index (χ4n) is 1.57. The largest absolute Gasteiger partial charge is 0.376 e. The summed E-state index contributed by atoms with van der Waals surface area (Å²) in [7, 11) is 1.75. The van der Waals surface area contributed by atoms with Crippen LogP contribution in [0, 0.1) is 0 Å². The van der Waals surface area contributed by atoms with Gasteiger partial charge in [0, 0.05) is 13.2 Å². The second-order valence-electron chi connectivity index (χ2n) is 4.24. The molecule has 4 heteroatoms. The van der Waals surface area contributed by atoms with E-state index in [1.165, 1.54) is 6.42 Å². The third-order valence-electron chi connectivity index (χ3n) is 2.67. The first kappa shape index (κ1) is 11.3. The van der Waals surface area contributed by atoms with Crippen LogP contribution in [0.15, 0.2) is 4.99 Å². The second-order valence-corrected chi connectivity index (χ2v) is 4.24. The van der Waals surface area contributed by atoms with Crippen LogP contribution in [0.5, 0.6) is 0 Å². The van der Waals surface area contributed by atoms with Crippen LogP contribution < -0.4 is 11.1 Å². The summed E-state index contributed by atoms with van der Waals surface area (Å²) in [5, 5.41) is 3.06. The van der Waals surface area contributed by atoms with E-state index in [1.54, 1.807) is 7.11 Å². The first-order valence-corrected chi connectivity index (χ1v) is 5.19. The van der Waals surface area contributed by atoms with Crippen LogP contribution in [0.25, 0.3) is 0 Å². The standard InChI is InChI=1S/C10H21N3O/c1-8(2)13-9(11)12-7-10(14-3)5-4-6-10/h8H,4-7H2,1-3H3,(H3,11,12,13). The van der Waals surface area contributed by atoms with Crippen molar-refractivity contribution >= 4 is 5.96 Å². The maximum atomic E-state index is 5.70. The van der Waals surface area contributed by atoms with Crippen molar-refractivity contribution in [3.63, 3.8) is 0 Å². The van der Waals surface area contributed by atoms with Crippen LogP contribution in [0.2, 0.25) is 0 Å². The van der Waals surface area contributed by atoms with Crippen molar-refractivity contribution < 1.29 is 4.74 Å². The Morgan fingerprint density at radius 2 is 2.21 bits per heavy atom. The molecule has 1 saturated carbocycles. The Bertz CT molecular complexity index is 204. The van der Waals surface area contributed by atoms with Crippen molar-refractivity contribution in [3.8, 4) is 0 Å². The summed E-state index contributed by atoms with van der Waals surface area (Å²) in [5.74, 6) is 0.517. The fourth-order valence-corrected chi connectivity index (χ4v) is 1.57. The molecule has 0 aromatic rings. The average Bonchev–Trinajstić information content (AvgIpc) is 2.01. The van der Waals surface area contributed by atoms with Crippen LogP contribution in [-0.2, 0) is 4.74 Å². The highest BCUT2D eigenvalue weighted by molar-refractivity contribution is 5.78. The molecule has 0 aromatic carbocycles. The number of methoxy groups -OCH3 is 1. The predicted octanol–water partition coefficient (Wildman–Crippen LogP) is 0.868. The molecule has 82 valence electrons. The van der Waals surface area contributed by atoms with Gasteiger partial charge in [-0.2, -0.15) is 0 Å². The number of aliphatic imine (C=N–C) groups is 1. The molecule has 0 atom stereocenters. The van der Waals surface area contributed by atoms with Crippen molar-refractivity contribution in [1.82, 2.24) is 5.32 Å². The maximum absolute atomic E-state index is 5.70. The molecule has 3 N–H and O–H groups in total. The molecule has 0 aliphatic heterocycles. The van der Waals surface area contributed by atoms with Crippen molar-refractivity contribution in [2.45, 2.75) is 44.8 Å². The predicted molar refractivity (Wildman–Crippen MR) is 58.4 cm³/mol. The zero-order valence-electron chi connectivity index (χ0n) is 9.34. The number of guanidine groups is 1. The van der Waals surface area contributed by atoms with E-state index in [4.69, 9.17) is 10.5 Å². The lowest BCUT2D eigenvalue weighted by atomic mass is 9.80. The summed E-state index contributed by atoms with van der Waals surface area (Å²) in [6.45, 7) is 4.75. The Labute approximate surface area is 85.9 Å². The van der Waals surface area contributed by atoms with E-state index in [9.17, 15) is 0 Å². The molecule has 1 aliphatic rings. The van der Waals surface area contributed by atoms with Gasteiger partial charge in [0.2, 0.25) is 0 Å². The summed E-state index contributed by atoms with van der Waals surface area (Å²) < 4.78 is 5.44. The average molecular weight is 199 g/mol. The minimum Gasteiger partial charge on any atom is -0.376 e. The van der Waals surface area contributed by atoms with Gasteiger partial charge in [-0.3, -0.25) is 4.99 Å². The van der Waals surface area contributed by atoms with Gasteiger partial charge in [0.1, 0.15) is 0 Å². The van der Waals surface area contributed by atoms with E-state index >= 15 is 0 Å². The molecule has 1 fully saturated rings. The van der Waals surface area contributed by atoms with Gasteiger partial charge in [0.05, 0.1) is 12.1 Å². The van der Waals surface area contributed by atoms with Crippen molar-refractivity contribution in [2.75, 3.05) is 13.7 Å². The second kappa shape index (κ2) is 4.64. The zero-order chi connectivity index (χ0) is 10.6. The molecule has 14 heavy (non-hydrogen) atoms. The van der Waals surface area contributed by atoms with Crippen LogP contribution in [0.1, 0.15) is 33.1 Å². The Kier molecular flexibility index (Phi) is 3.75. The summed E-state index contributed by atoms with van der Waals surface area (Å²) in [5.41, 5.74) is 5.67. The molecule has 0 aromatic heterocycles. The number of hydrogen-bond acceptors (Lipinski definition) is 2. The molecule has 1 rings (SSSR count). The molecule has 0 amide bonds. The first-order valence-electron chi connectivity index (χ1n) is 5.19. The Morgan fingerprint density at radius 1 is 1.57 bits per heavy atom. The van der Waals surface area contributed by atoms with Gasteiger partial charge in [0.15, 0.2) is 5.96 Å². The highest BCUT2D eigenvalue weighted by atomic mass is 16.5. The quantitative estimate of drug-likeness (QED) is 0.521. The molecular weight excluding hydrogens is 178 g/mol. The van der Waals surface area contributed by atoms with Crippen LogP contribution >= 0.6 is 0 Å². The number of ether oxygens (including phenoxy) is 1. The Balaban J connectivity index is 2.36. The lowest BCUT2D eigenvalue weighted by molar-refractivity contribution is -0.0630. The minimum absolute atomic E-state index is 0.0245. The van der Waals surface area contributed by atoms with Gasteiger partial charge < -0.3 is 15.8 Å². The van der Waals surface area contributed by atoms with Gasteiger partial charge in [-0.1, -0.05) is 0 Å². The summed E-state index contributed by atoms with van der Waals surface area (Å²) in [6, 6.07) is 0.332. The van der Waals surface area contributed by atoms with Crippen LogP contribution in [0.3, 0.4) is 0 Å². The van der Waals surface area contributed by atoms with Crippen LogP contribution in [0.4, 0.5) is 0 Å². The van der Waals surface area contributed by atoms with Crippen LogP contribution in [-0.4, -0.2) is 31.3 Å². The summed E-state index contributed by atoms with van der Waals surface area (Å²) in [6.07, 6.45) is 3.44. The van der Waals surface area contributed by atoms with E-state index < -0.39 is 0 Å². The number of nitrogens with zero attached hydrogens (tertiary/aromatic N) is 1. The molecule has 4 nitrogen and oxygen atoms in total. The van der Waals surface area contributed by atoms with E-state index in [0.717, 1.165) is 12.8 Å². The van der Waals surface area contributed by atoms with E-state index in [1.807, 2.05) is 13.8 Å². The Morgan fingerprint density at radius 3 is 2.57 bits per heavy atom. The van der Waals surface area contributed by atoms with Crippen molar-refractivity contribution in [3.05, 3.63) is 0 Å². The fraction of sp³-hybridized carbons (Fsp3) is 0.900. The highest BCUT2D eigenvalue weighted by Crippen LogP contribution is 2.35. The first-order chi connectivity index (χ1) is 6.58. The lowest BCUT2D eigenvalue weighted by Gasteiger charge is -2.39. The molecular formula is C10H21N3O. The monoisotopic (exact) mass is 199 g/mol. The van der Waals surface area contributed by atoms with E-state index in [0.29, 0.717) is 18.5 Å². The lowest BCUT2D eigenvalue weighted by Crippen LogP contribution is -2.44. The van der Waals surface area contributed by atoms with E-state index in [2.05, 4.69) is 10.3 Å². The topological polar surface area (TPSA) is 59.6 Å². The summed E-state index contributed by atoms with van der Waals surface area (Å²) in [4.78, 5) is 4.29. The van der Waals surface area contributed by atoms with Gasteiger partial charge in [-0.25, -0.2) is 0 Å². The zero-order valence-corrected chi connectivity index (χ0v) is 9.34. The van der Waals surface area contributed by atoms with E-state index in [-0.39, 0.29) is 5.60 Å². The normalized spacial score (nSPS) is 20.7. The third-order valence-corrected chi connectivity index (χ3v) is 2.67. The summed E-state index contributed by atoms with van der Waals surface area (Å²) >= 11 is 0. The highest BCUT2D eigenvalue weighted by Gasteiger charge is 2.36. The maximum Gasteiger partial charge on any atom is 0.188 e. The number of rotatable bonds is 4. The molecule has 0 spiro atoms. The molecule has 0 bridgehead atoms. The molecule has 1 aliphatic carbocycles. The molecule has 0 saturated heterocycles. The third kappa shape index (κ3) is 2.87. The van der Waals surface area contributed by atoms with Gasteiger partial charge in [0.25, 0.3) is 0 Å². The number of nitrogens with one attached hydrogen (secondary N) is 1. The Hall–Kier alpha value is -0.770. The van der Waals surface area contributed by atoms with Crippen molar-refractivity contribution in [2.24, 2.45) is 10.7 Å². The van der Waals surface area contributed by atoms with Crippen molar-refractivity contribution in [1.29, 1.82) is 0 Å². The molecule has 0 heterocycles. The number of hydrogen-bond donors (Lipinski definition) is 2.